The zero-order valence-corrected chi connectivity index (χ0v) is 19.5. The Morgan fingerprint density at radius 2 is 1.71 bits per heavy atom. The van der Waals surface area contributed by atoms with E-state index in [0.717, 1.165) is 27.1 Å². The Balaban J connectivity index is 1.74. The molecule has 3 heterocycles. The minimum Gasteiger partial charge on any atom is -0.539 e. The number of pyridine rings is 1. The maximum absolute atomic E-state index is 13.6. The third-order valence-electron chi connectivity index (χ3n) is 5.67. The number of benzene rings is 2. The molecule has 0 bridgehead atoms. The Morgan fingerprint density at radius 1 is 1.09 bits per heavy atom. The first-order valence-electron chi connectivity index (χ1n) is 10.5. The van der Waals surface area contributed by atoms with Gasteiger partial charge in [0.05, 0.1) is 11.0 Å². The molecule has 0 spiro atoms. The molecule has 3 aromatic heterocycles. The van der Waals surface area contributed by atoms with Gasteiger partial charge in [0, 0.05) is 23.1 Å². The number of rotatable bonds is 4. The molecule has 0 saturated carbocycles. The molecule has 0 unspecified atom stereocenters. The molecule has 0 aliphatic carbocycles. The van der Waals surface area contributed by atoms with Crippen molar-refractivity contribution in [3.05, 3.63) is 75.8 Å². The number of hydrogen-bond acceptors (Lipinski definition) is 9. The number of nitriles is 1. The van der Waals surface area contributed by atoms with E-state index in [0.29, 0.717) is 27.0 Å². The topological polar surface area (TPSA) is 159 Å². The molecule has 5 aromatic rings. The highest BCUT2D eigenvalue weighted by atomic mass is 32.1. The van der Waals surface area contributed by atoms with E-state index in [1.165, 1.54) is 0 Å². The number of ketones is 1. The van der Waals surface area contributed by atoms with Crippen LogP contribution < -0.4 is 21.3 Å². The molecule has 0 atom stereocenters. The summed E-state index contributed by atoms with van der Waals surface area (Å²) in [6, 6.07) is 16.7. The van der Waals surface area contributed by atoms with Gasteiger partial charge >= 0.3 is 5.69 Å². The molecule has 0 aliphatic rings. The molecular weight excluding hydrogens is 464 g/mol. The Hall–Kier alpha value is -4.75. The highest BCUT2D eigenvalue weighted by molar-refractivity contribution is 7.21. The van der Waals surface area contributed by atoms with Crippen molar-refractivity contribution in [1.82, 2.24) is 10.3 Å². The quantitative estimate of drug-likeness (QED) is 0.292. The van der Waals surface area contributed by atoms with Crippen LogP contribution in [0.3, 0.4) is 0 Å². The van der Waals surface area contributed by atoms with E-state index >= 15 is 0 Å². The van der Waals surface area contributed by atoms with Gasteiger partial charge in [-0.1, -0.05) is 47.5 Å². The first-order valence-corrected chi connectivity index (χ1v) is 11.3. The van der Waals surface area contributed by atoms with Gasteiger partial charge in [0.15, 0.2) is 5.95 Å². The van der Waals surface area contributed by atoms with Crippen molar-refractivity contribution in [2.24, 2.45) is 0 Å². The van der Waals surface area contributed by atoms with Crippen LogP contribution in [0.4, 0.5) is 11.5 Å². The number of hydrogen-bond donors (Lipinski definition) is 2. The first-order chi connectivity index (χ1) is 16.8. The number of nitrogens with zero attached hydrogens (tertiary/aromatic N) is 4. The highest BCUT2D eigenvalue weighted by Crippen LogP contribution is 2.43. The van der Waals surface area contributed by atoms with Gasteiger partial charge in [0.2, 0.25) is 5.69 Å². The van der Waals surface area contributed by atoms with Gasteiger partial charge in [-0.05, 0) is 24.1 Å². The third kappa shape index (κ3) is 3.55. The molecule has 35 heavy (non-hydrogen) atoms. The fourth-order valence-corrected chi connectivity index (χ4v) is 4.92. The molecular formula is C25H18N6O3S. The second-order valence-electron chi connectivity index (χ2n) is 8.04. The Bertz CT molecular complexity index is 1660. The smallest absolute Gasteiger partial charge is 0.312 e. The second-order valence-corrected chi connectivity index (χ2v) is 9.03. The lowest BCUT2D eigenvalue weighted by Gasteiger charge is -2.10. The van der Waals surface area contributed by atoms with E-state index in [2.05, 4.69) is 16.3 Å². The monoisotopic (exact) mass is 482 g/mol. The van der Waals surface area contributed by atoms with Gasteiger partial charge in [-0.15, -0.1) is 11.3 Å². The molecule has 0 amide bonds. The summed E-state index contributed by atoms with van der Waals surface area (Å²) in [7, 11) is 0. The van der Waals surface area contributed by atoms with E-state index in [-0.39, 0.29) is 27.6 Å². The molecule has 4 N–H and O–H groups in total. The SMILES string of the molecule is Cc1ccc(-c2c(C#N)c(N)nc3sc(C(=O)c4c([O-])on[n+]4-c4ccc(C)cc4)c(N)c23)cc1. The number of aromatic nitrogens is 3. The number of anilines is 2. The van der Waals surface area contributed by atoms with Gasteiger partial charge in [0.25, 0.3) is 5.78 Å². The predicted molar refractivity (Wildman–Crippen MR) is 129 cm³/mol. The van der Waals surface area contributed by atoms with Crippen LogP contribution in [0.15, 0.2) is 53.1 Å². The van der Waals surface area contributed by atoms with Gasteiger partial charge < -0.3 is 21.1 Å². The number of aryl methyl sites for hydroxylation is 2. The number of nitrogens with two attached hydrogens (primary N) is 2. The third-order valence-corrected chi connectivity index (χ3v) is 6.77. The molecule has 0 saturated heterocycles. The summed E-state index contributed by atoms with van der Waals surface area (Å²) >= 11 is 0.994. The van der Waals surface area contributed by atoms with E-state index < -0.39 is 11.7 Å². The van der Waals surface area contributed by atoms with Crippen molar-refractivity contribution in [2.45, 2.75) is 13.8 Å². The summed E-state index contributed by atoms with van der Waals surface area (Å²) in [5.41, 5.74) is 16.3. The predicted octanol–water partition coefficient (Wildman–Crippen LogP) is 3.19. The molecule has 10 heteroatoms. The molecule has 5 rings (SSSR count). The van der Waals surface area contributed by atoms with Gasteiger partial charge in [0.1, 0.15) is 27.2 Å². The summed E-state index contributed by atoms with van der Waals surface area (Å²) in [4.78, 5) is 18.4. The standard InChI is InChI=1S/C25H18N6O3S/c1-12-3-7-14(8-4-12)17-16(11-26)23(28)29-24-18(17)19(27)22(35-24)21(32)20-25(33)34-30-31(20)15-9-5-13(2)6-10-15/h3-10H,1-2H3,(H4-,27,28,29,30,32,33). The fourth-order valence-electron chi connectivity index (χ4n) is 3.87. The summed E-state index contributed by atoms with van der Waals surface area (Å²) in [6.45, 7) is 3.87. The second kappa shape index (κ2) is 8.23. The average Bonchev–Trinajstić information content (AvgIpc) is 3.38. The Kier molecular flexibility index (Phi) is 5.19. The molecule has 2 aromatic carbocycles. The van der Waals surface area contributed by atoms with Crippen LogP contribution in [0.2, 0.25) is 0 Å². The number of carbonyl (C=O) groups excluding carboxylic acids is 1. The van der Waals surface area contributed by atoms with E-state index in [1.54, 1.807) is 12.1 Å². The summed E-state index contributed by atoms with van der Waals surface area (Å²) in [5, 5.41) is 26.5. The van der Waals surface area contributed by atoms with E-state index in [1.807, 2.05) is 50.2 Å². The van der Waals surface area contributed by atoms with E-state index in [4.69, 9.17) is 16.0 Å². The van der Waals surface area contributed by atoms with Crippen molar-refractivity contribution in [3.8, 4) is 28.8 Å². The van der Waals surface area contributed by atoms with Crippen LogP contribution in [0.1, 0.15) is 32.1 Å². The van der Waals surface area contributed by atoms with E-state index in [9.17, 15) is 15.2 Å². The summed E-state index contributed by atoms with van der Waals surface area (Å²) in [5.74, 6) is -1.53. The molecule has 9 nitrogen and oxygen atoms in total. The molecule has 172 valence electrons. The van der Waals surface area contributed by atoms with Gasteiger partial charge in [-0.3, -0.25) is 4.79 Å². The largest absolute Gasteiger partial charge is 0.539 e. The highest BCUT2D eigenvalue weighted by Gasteiger charge is 2.33. The Morgan fingerprint density at radius 3 is 2.34 bits per heavy atom. The lowest BCUT2D eigenvalue weighted by atomic mass is 9.96. The minimum absolute atomic E-state index is 0.0278. The minimum atomic E-state index is -0.892. The first kappa shape index (κ1) is 22.1. The zero-order chi connectivity index (χ0) is 24.9. The maximum atomic E-state index is 13.6. The van der Waals surface area contributed by atoms with Crippen molar-refractivity contribution >= 4 is 38.8 Å². The van der Waals surface area contributed by atoms with Crippen LogP contribution in [-0.2, 0) is 0 Å². The van der Waals surface area contributed by atoms with Gasteiger partial charge in [-0.25, -0.2) is 4.98 Å². The Labute approximate surface area is 203 Å². The lowest BCUT2D eigenvalue weighted by Crippen LogP contribution is -2.39. The fraction of sp³-hybridized carbons (Fsp3) is 0.0800. The maximum Gasteiger partial charge on any atom is 0.312 e. The number of fused-ring (bicyclic) bond motifs is 1. The lowest BCUT2D eigenvalue weighted by molar-refractivity contribution is -0.672. The summed E-state index contributed by atoms with van der Waals surface area (Å²) < 4.78 is 5.97. The molecule has 0 fully saturated rings. The van der Waals surface area contributed by atoms with Crippen LogP contribution >= 0.6 is 11.3 Å². The van der Waals surface area contributed by atoms with Crippen molar-refractivity contribution in [1.29, 1.82) is 5.26 Å². The average molecular weight is 483 g/mol. The number of thiophene rings is 1. The van der Waals surface area contributed by atoms with Crippen LogP contribution in [0.25, 0.3) is 27.0 Å². The van der Waals surface area contributed by atoms with Crippen LogP contribution in [0.5, 0.6) is 5.95 Å². The van der Waals surface area contributed by atoms with Crippen molar-refractivity contribution < 1.29 is 19.1 Å². The van der Waals surface area contributed by atoms with Gasteiger partial charge in [-0.2, -0.15) is 5.26 Å². The number of carbonyl (C=O) groups is 1. The van der Waals surface area contributed by atoms with Crippen molar-refractivity contribution in [2.75, 3.05) is 11.5 Å². The summed E-state index contributed by atoms with van der Waals surface area (Å²) in [6.07, 6.45) is 0. The van der Waals surface area contributed by atoms with Crippen molar-refractivity contribution in [3.63, 3.8) is 0 Å². The molecule has 0 aliphatic heterocycles. The van der Waals surface area contributed by atoms with Crippen LogP contribution in [-0.4, -0.2) is 16.0 Å². The normalized spacial score (nSPS) is 11.0. The molecule has 0 radical (unpaired) electrons. The van der Waals surface area contributed by atoms with Crippen LogP contribution in [0, 0.1) is 25.2 Å². The number of nitrogen functional groups attached to an aromatic ring is 2. The zero-order valence-electron chi connectivity index (χ0n) is 18.7.